The Balaban J connectivity index is 2.71. The van der Waals surface area contributed by atoms with Gasteiger partial charge in [0.2, 0.25) is 0 Å². The Morgan fingerprint density at radius 3 is 2.77 bits per heavy atom. The molecule has 0 aromatic heterocycles. The highest BCUT2D eigenvalue weighted by molar-refractivity contribution is 7.98. The van der Waals surface area contributed by atoms with Gasteiger partial charge < -0.3 is 4.74 Å². The predicted molar refractivity (Wildman–Crippen MR) is 54.8 cm³/mol. The van der Waals surface area contributed by atoms with Crippen molar-refractivity contribution in [3.63, 3.8) is 0 Å². The fraction of sp³-hybridized carbons (Fsp3) is 0.400. The van der Waals surface area contributed by atoms with Gasteiger partial charge in [-0.1, -0.05) is 13.0 Å². The van der Waals surface area contributed by atoms with Crippen LogP contribution in [0, 0.1) is 5.82 Å². The minimum Gasteiger partial charge on any atom is -0.494 e. The summed E-state index contributed by atoms with van der Waals surface area (Å²) < 4.78 is 18.0. The van der Waals surface area contributed by atoms with Gasteiger partial charge in [-0.05, 0) is 23.4 Å². The molecule has 0 aliphatic rings. The van der Waals surface area contributed by atoms with Gasteiger partial charge in [-0.2, -0.15) is 11.8 Å². The number of rotatable bonds is 4. The first-order valence-electron chi connectivity index (χ1n) is 4.18. The van der Waals surface area contributed by atoms with Crippen LogP contribution in [0.1, 0.15) is 12.5 Å². The molecule has 0 unspecified atom stereocenters. The van der Waals surface area contributed by atoms with Gasteiger partial charge in [0.1, 0.15) is 0 Å². The summed E-state index contributed by atoms with van der Waals surface area (Å²) in [6.07, 6.45) is 0. The summed E-state index contributed by atoms with van der Waals surface area (Å²) in [6, 6.07) is 5.09. The summed E-state index contributed by atoms with van der Waals surface area (Å²) in [5, 5.41) is 0. The third-order valence-corrected chi connectivity index (χ3v) is 2.63. The number of methoxy groups -OCH3 is 1. The van der Waals surface area contributed by atoms with Gasteiger partial charge in [0.25, 0.3) is 0 Å². The Morgan fingerprint density at radius 1 is 1.46 bits per heavy atom. The molecule has 0 heterocycles. The molecular formula is C10H13FOS. The molecule has 0 fully saturated rings. The van der Waals surface area contributed by atoms with E-state index in [4.69, 9.17) is 4.74 Å². The maximum Gasteiger partial charge on any atom is 0.165 e. The van der Waals surface area contributed by atoms with Crippen LogP contribution in [-0.2, 0) is 5.75 Å². The van der Waals surface area contributed by atoms with Gasteiger partial charge in [-0.15, -0.1) is 0 Å². The lowest BCUT2D eigenvalue weighted by Gasteiger charge is -2.04. The van der Waals surface area contributed by atoms with Crippen molar-refractivity contribution in [1.82, 2.24) is 0 Å². The Labute approximate surface area is 82.3 Å². The molecule has 0 aliphatic carbocycles. The summed E-state index contributed by atoms with van der Waals surface area (Å²) in [6.45, 7) is 2.09. The molecular weight excluding hydrogens is 187 g/mol. The molecule has 72 valence electrons. The summed E-state index contributed by atoms with van der Waals surface area (Å²) in [7, 11) is 1.47. The van der Waals surface area contributed by atoms with Gasteiger partial charge in [0, 0.05) is 5.75 Å². The van der Waals surface area contributed by atoms with Gasteiger partial charge in [-0.3, -0.25) is 0 Å². The molecule has 0 spiro atoms. The van der Waals surface area contributed by atoms with Crippen LogP contribution in [0.15, 0.2) is 18.2 Å². The first kappa shape index (κ1) is 10.4. The number of hydrogen-bond acceptors (Lipinski definition) is 2. The highest BCUT2D eigenvalue weighted by atomic mass is 32.2. The van der Waals surface area contributed by atoms with E-state index in [1.54, 1.807) is 17.8 Å². The lowest BCUT2D eigenvalue weighted by molar-refractivity contribution is 0.386. The monoisotopic (exact) mass is 200 g/mol. The van der Waals surface area contributed by atoms with Crippen LogP contribution in [0.5, 0.6) is 5.75 Å². The van der Waals surface area contributed by atoms with Crippen LogP contribution in [0.25, 0.3) is 0 Å². The Morgan fingerprint density at radius 2 is 2.23 bits per heavy atom. The lowest BCUT2D eigenvalue weighted by Crippen LogP contribution is -1.89. The number of ether oxygens (including phenoxy) is 1. The Bertz CT molecular complexity index is 276. The number of thioether (sulfide) groups is 1. The average molecular weight is 200 g/mol. The molecule has 0 saturated heterocycles. The molecule has 0 aliphatic heterocycles. The van der Waals surface area contributed by atoms with E-state index in [0.717, 1.165) is 17.1 Å². The standard InChI is InChI=1S/C10H13FOS/c1-3-13-7-8-4-5-10(12-2)9(11)6-8/h4-6H,3,7H2,1-2H3. The van der Waals surface area contributed by atoms with E-state index in [9.17, 15) is 4.39 Å². The number of hydrogen-bond donors (Lipinski definition) is 0. The highest BCUT2D eigenvalue weighted by Gasteiger charge is 2.02. The molecule has 0 radical (unpaired) electrons. The average Bonchev–Trinajstić information content (AvgIpc) is 2.15. The van der Waals surface area contributed by atoms with Gasteiger partial charge >= 0.3 is 0 Å². The smallest absolute Gasteiger partial charge is 0.165 e. The molecule has 1 aromatic carbocycles. The molecule has 0 atom stereocenters. The summed E-state index contributed by atoms with van der Waals surface area (Å²) in [4.78, 5) is 0. The van der Waals surface area contributed by atoms with Crippen molar-refractivity contribution in [1.29, 1.82) is 0 Å². The summed E-state index contributed by atoms with van der Waals surface area (Å²) >= 11 is 1.78. The van der Waals surface area contributed by atoms with Crippen molar-refractivity contribution in [3.05, 3.63) is 29.6 Å². The molecule has 0 saturated carbocycles. The lowest BCUT2D eigenvalue weighted by atomic mass is 10.2. The first-order chi connectivity index (χ1) is 6.27. The van der Waals surface area contributed by atoms with Crippen LogP contribution in [-0.4, -0.2) is 12.9 Å². The van der Waals surface area contributed by atoms with E-state index in [1.165, 1.54) is 13.2 Å². The second kappa shape index (κ2) is 5.12. The maximum absolute atomic E-state index is 13.1. The fourth-order valence-electron chi connectivity index (χ4n) is 1.02. The van der Waals surface area contributed by atoms with Gasteiger partial charge in [0.05, 0.1) is 7.11 Å². The minimum atomic E-state index is -0.281. The van der Waals surface area contributed by atoms with E-state index < -0.39 is 0 Å². The van der Waals surface area contributed by atoms with Crippen LogP contribution in [0.3, 0.4) is 0 Å². The van der Waals surface area contributed by atoms with Crippen LogP contribution in [0.2, 0.25) is 0 Å². The number of halogens is 1. The molecule has 1 nitrogen and oxygen atoms in total. The van der Waals surface area contributed by atoms with Crippen LogP contribution < -0.4 is 4.74 Å². The van der Waals surface area contributed by atoms with Crippen molar-refractivity contribution < 1.29 is 9.13 Å². The molecule has 1 aromatic rings. The number of benzene rings is 1. The largest absolute Gasteiger partial charge is 0.494 e. The van der Waals surface area contributed by atoms with Crippen molar-refractivity contribution in [3.8, 4) is 5.75 Å². The Kier molecular flexibility index (Phi) is 4.09. The summed E-state index contributed by atoms with van der Waals surface area (Å²) in [5.41, 5.74) is 1.00. The maximum atomic E-state index is 13.1. The minimum absolute atomic E-state index is 0.281. The quantitative estimate of drug-likeness (QED) is 0.738. The SMILES string of the molecule is CCSCc1ccc(OC)c(F)c1. The van der Waals surface area contributed by atoms with E-state index in [1.807, 2.05) is 6.07 Å². The van der Waals surface area contributed by atoms with Crippen LogP contribution >= 0.6 is 11.8 Å². The zero-order chi connectivity index (χ0) is 9.68. The zero-order valence-corrected chi connectivity index (χ0v) is 8.66. The predicted octanol–water partition coefficient (Wildman–Crippen LogP) is 3.09. The highest BCUT2D eigenvalue weighted by Crippen LogP contribution is 2.20. The van der Waals surface area contributed by atoms with Gasteiger partial charge in [-0.25, -0.2) is 4.39 Å². The zero-order valence-electron chi connectivity index (χ0n) is 7.84. The van der Waals surface area contributed by atoms with Crippen LogP contribution in [0.4, 0.5) is 4.39 Å². The third kappa shape index (κ3) is 2.92. The molecule has 0 N–H and O–H groups in total. The van der Waals surface area contributed by atoms with E-state index in [2.05, 4.69) is 6.92 Å². The second-order valence-electron chi connectivity index (χ2n) is 2.61. The van der Waals surface area contributed by atoms with E-state index in [-0.39, 0.29) is 5.82 Å². The van der Waals surface area contributed by atoms with Gasteiger partial charge in [0.15, 0.2) is 11.6 Å². The first-order valence-corrected chi connectivity index (χ1v) is 5.33. The van der Waals surface area contributed by atoms with E-state index in [0.29, 0.717) is 5.75 Å². The molecule has 0 amide bonds. The molecule has 3 heteroatoms. The van der Waals surface area contributed by atoms with Crippen molar-refractivity contribution in [2.24, 2.45) is 0 Å². The third-order valence-electron chi connectivity index (χ3n) is 1.69. The van der Waals surface area contributed by atoms with Crippen molar-refractivity contribution >= 4 is 11.8 Å². The summed E-state index contributed by atoms with van der Waals surface area (Å²) in [5.74, 6) is 1.94. The molecule has 0 bridgehead atoms. The molecule has 1 rings (SSSR count). The normalized spacial score (nSPS) is 10.1. The van der Waals surface area contributed by atoms with Crippen molar-refractivity contribution in [2.75, 3.05) is 12.9 Å². The second-order valence-corrected chi connectivity index (χ2v) is 3.88. The topological polar surface area (TPSA) is 9.23 Å². The fourth-order valence-corrected chi connectivity index (χ4v) is 1.64. The Hall–Kier alpha value is -0.700. The van der Waals surface area contributed by atoms with Crippen molar-refractivity contribution in [2.45, 2.75) is 12.7 Å². The molecule has 13 heavy (non-hydrogen) atoms. The van der Waals surface area contributed by atoms with E-state index >= 15 is 0 Å².